The van der Waals surface area contributed by atoms with Crippen molar-refractivity contribution in [2.45, 2.75) is 9.79 Å². The van der Waals surface area contributed by atoms with E-state index in [-0.39, 0.29) is 23.0 Å². The lowest BCUT2D eigenvalue weighted by atomic mass is 10.3. The van der Waals surface area contributed by atoms with Gasteiger partial charge in [0.1, 0.15) is 37.9 Å². The predicted molar refractivity (Wildman–Crippen MR) is 132 cm³/mol. The molecule has 0 saturated heterocycles. The molecule has 0 radical (unpaired) electrons. The van der Waals surface area contributed by atoms with Crippen LogP contribution in [0.4, 0.5) is 0 Å². The van der Waals surface area contributed by atoms with Crippen LogP contribution in [0.25, 0.3) is 0 Å². The smallest absolute Gasteiger partial charge is 0.206 e. The molecule has 0 aromatic heterocycles. The summed E-state index contributed by atoms with van der Waals surface area (Å²) in [6, 6.07) is 5.95. The van der Waals surface area contributed by atoms with Crippen LogP contribution in [0.2, 0.25) is 0 Å². The second-order valence-electron chi connectivity index (χ2n) is 5.71. The van der Waals surface area contributed by atoms with Crippen LogP contribution in [0.15, 0.2) is 77.6 Å². The zero-order valence-corrected chi connectivity index (χ0v) is 23.2. The summed E-state index contributed by atoms with van der Waals surface area (Å²) >= 11 is 13.5. The summed E-state index contributed by atoms with van der Waals surface area (Å²) < 4.78 is 49.7. The first-order valence-electron chi connectivity index (χ1n) is 8.66. The molecule has 0 saturated carbocycles. The van der Waals surface area contributed by atoms with E-state index in [1.807, 2.05) is 0 Å². The van der Waals surface area contributed by atoms with Crippen LogP contribution in [-0.4, -0.2) is 34.8 Å². The van der Waals surface area contributed by atoms with Gasteiger partial charge in [-0.3, -0.25) is 0 Å². The molecule has 0 aliphatic rings. The fourth-order valence-electron chi connectivity index (χ4n) is 2.35. The van der Waals surface area contributed by atoms with Crippen LogP contribution in [0.5, 0.6) is 11.5 Å². The second kappa shape index (κ2) is 12.3. The van der Waals surface area contributed by atoms with Crippen molar-refractivity contribution in [1.29, 1.82) is 0 Å². The maximum Gasteiger partial charge on any atom is 0.206 e. The molecule has 0 unspecified atom stereocenters. The summed E-state index contributed by atoms with van der Waals surface area (Å²) in [7, 11) is -3.83. The first kappa shape index (κ1) is 26.2. The number of ether oxygens (including phenoxy) is 4. The Morgan fingerprint density at radius 2 is 1.00 bits per heavy atom. The van der Waals surface area contributed by atoms with Gasteiger partial charge >= 0.3 is 0 Å². The minimum Gasteiger partial charge on any atom is -0.498 e. The minimum atomic E-state index is -3.83. The number of hydrogen-bond donors (Lipinski definition) is 0. The Bertz CT molecular complexity index is 932. The molecule has 11 heteroatoms. The molecular formula is C20H18Br4O6S. The zero-order chi connectivity index (χ0) is 23.0. The first-order valence-corrected chi connectivity index (χ1v) is 13.3. The summed E-state index contributed by atoms with van der Waals surface area (Å²) in [6.07, 6.45) is 2.65. The molecule has 31 heavy (non-hydrogen) atoms. The number of benzene rings is 2. The van der Waals surface area contributed by atoms with Crippen molar-refractivity contribution in [3.63, 3.8) is 0 Å². The quantitative estimate of drug-likeness (QED) is 0.182. The molecule has 2 aromatic carbocycles. The Morgan fingerprint density at radius 3 is 1.29 bits per heavy atom. The van der Waals surface area contributed by atoms with E-state index in [9.17, 15) is 8.42 Å². The Hall–Kier alpha value is -1.01. The van der Waals surface area contributed by atoms with Gasteiger partial charge in [0.25, 0.3) is 0 Å². The van der Waals surface area contributed by atoms with Gasteiger partial charge < -0.3 is 18.9 Å². The van der Waals surface area contributed by atoms with Crippen LogP contribution in [0.1, 0.15) is 0 Å². The molecule has 0 aliphatic carbocycles. The normalized spacial score (nSPS) is 11.0. The van der Waals surface area contributed by atoms with E-state index >= 15 is 0 Å². The third-order valence-electron chi connectivity index (χ3n) is 3.70. The molecule has 0 atom stereocenters. The van der Waals surface area contributed by atoms with E-state index < -0.39 is 9.84 Å². The van der Waals surface area contributed by atoms with Crippen LogP contribution in [0.3, 0.4) is 0 Å². The van der Waals surface area contributed by atoms with Crippen molar-refractivity contribution >= 4 is 73.6 Å². The van der Waals surface area contributed by atoms with E-state index in [1.165, 1.54) is 36.8 Å². The van der Waals surface area contributed by atoms with Crippen LogP contribution in [-0.2, 0) is 19.3 Å². The highest BCUT2D eigenvalue weighted by atomic mass is 79.9. The molecule has 0 heterocycles. The van der Waals surface area contributed by atoms with Gasteiger partial charge in [-0.1, -0.05) is 13.2 Å². The van der Waals surface area contributed by atoms with E-state index in [1.54, 1.807) is 0 Å². The molecule has 0 bridgehead atoms. The second-order valence-corrected chi connectivity index (χ2v) is 11.1. The molecule has 0 fully saturated rings. The van der Waals surface area contributed by atoms with Gasteiger partial charge in [0.2, 0.25) is 9.84 Å². The van der Waals surface area contributed by atoms with Gasteiger partial charge in [0.05, 0.1) is 40.2 Å². The summed E-state index contributed by atoms with van der Waals surface area (Å²) in [4.78, 5) is 0.181. The fraction of sp³-hybridized carbons (Fsp3) is 0.200. The molecule has 2 aromatic rings. The third kappa shape index (κ3) is 6.98. The van der Waals surface area contributed by atoms with Crippen molar-refractivity contribution in [1.82, 2.24) is 0 Å². The highest BCUT2D eigenvalue weighted by Crippen LogP contribution is 2.40. The predicted octanol–water partition coefficient (Wildman–Crippen LogP) is 6.65. The number of sulfone groups is 1. The molecular weight excluding hydrogens is 688 g/mol. The number of hydrogen-bond acceptors (Lipinski definition) is 6. The molecule has 0 aliphatic heterocycles. The maximum atomic E-state index is 13.2. The maximum absolute atomic E-state index is 13.2. The van der Waals surface area contributed by atoms with Gasteiger partial charge in [0, 0.05) is 0 Å². The zero-order valence-electron chi connectivity index (χ0n) is 16.1. The SMILES string of the molecule is C=COCCOc1c(Br)cc(S(=O)(=O)c2cc(Br)c(OCCOC=C)c(Br)c2)cc1Br. The monoisotopic (exact) mass is 702 g/mol. The van der Waals surface area contributed by atoms with E-state index in [0.29, 0.717) is 42.6 Å². The molecule has 0 amide bonds. The van der Waals surface area contributed by atoms with Crippen LogP contribution >= 0.6 is 63.7 Å². The standard InChI is InChI=1S/C20H18Br4O6S/c1-3-27-5-7-29-19-15(21)9-13(10-16(19)22)31(25,26)14-11-17(23)20(18(24)12-14)30-8-6-28-4-2/h3-4,9-12H,1-2,5-8H2. The largest absolute Gasteiger partial charge is 0.498 e. The molecule has 168 valence electrons. The number of halogens is 4. The Kier molecular flexibility index (Phi) is 10.4. The lowest BCUT2D eigenvalue weighted by Gasteiger charge is -2.14. The summed E-state index contributed by atoms with van der Waals surface area (Å²) in [5, 5.41) is 0. The van der Waals surface area contributed by atoms with Crippen molar-refractivity contribution in [2.75, 3.05) is 26.4 Å². The molecule has 0 spiro atoms. The highest BCUT2D eigenvalue weighted by Gasteiger charge is 2.24. The highest BCUT2D eigenvalue weighted by molar-refractivity contribution is 9.11. The topological polar surface area (TPSA) is 71.1 Å². The van der Waals surface area contributed by atoms with Gasteiger partial charge in [-0.2, -0.15) is 0 Å². The Labute approximate surface area is 215 Å². The van der Waals surface area contributed by atoms with Gasteiger partial charge in [-0.25, -0.2) is 8.42 Å². The summed E-state index contributed by atoms with van der Waals surface area (Å²) in [5.41, 5.74) is 0. The summed E-state index contributed by atoms with van der Waals surface area (Å²) in [5.74, 6) is 0.943. The van der Waals surface area contributed by atoms with Gasteiger partial charge in [-0.05, 0) is 88.0 Å². The van der Waals surface area contributed by atoms with Crippen molar-refractivity contribution in [3.8, 4) is 11.5 Å². The van der Waals surface area contributed by atoms with Crippen molar-refractivity contribution < 1.29 is 27.4 Å². The van der Waals surface area contributed by atoms with Crippen molar-refractivity contribution in [2.24, 2.45) is 0 Å². The molecule has 0 N–H and O–H groups in total. The Morgan fingerprint density at radius 1 is 0.677 bits per heavy atom. The first-order chi connectivity index (χ1) is 14.7. The van der Waals surface area contributed by atoms with Crippen LogP contribution in [0, 0.1) is 0 Å². The minimum absolute atomic E-state index is 0.0905. The molecule has 6 nitrogen and oxygen atoms in total. The van der Waals surface area contributed by atoms with Crippen molar-refractivity contribution in [3.05, 3.63) is 67.8 Å². The van der Waals surface area contributed by atoms with E-state index in [4.69, 9.17) is 18.9 Å². The lowest BCUT2D eigenvalue weighted by Crippen LogP contribution is -2.08. The fourth-order valence-corrected chi connectivity index (χ4v) is 7.15. The lowest BCUT2D eigenvalue weighted by molar-refractivity contribution is 0.178. The summed E-state index contributed by atoms with van der Waals surface area (Å²) in [6.45, 7) is 8.10. The van der Waals surface area contributed by atoms with E-state index in [0.717, 1.165) is 0 Å². The Balaban J connectivity index is 2.30. The average Bonchev–Trinajstić information content (AvgIpc) is 2.71. The molecule has 2 rings (SSSR count). The average molecular weight is 706 g/mol. The van der Waals surface area contributed by atoms with E-state index in [2.05, 4.69) is 76.9 Å². The van der Waals surface area contributed by atoms with Crippen LogP contribution < -0.4 is 9.47 Å². The van der Waals surface area contributed by atoms with Gasteiger partial charge in [0.15, 0.2) is 0 Å². The number of rotatable bonds is 12. The third-order valence-corrected chi connectivity index (χ3v) is 7.76. The van der Waals surface area contributed by atoms with Gasteiger partial charge in [-0.15, -0.1) is 0 Å².